The largest absolute Gasteiger partial charge is 0.525 e. The molecule has 0 atom stereocenters. The minimum atomic E-state index is 1.13. The van der Waals surface area contributed by atoms with Crippen molar-refractivity contribution in [2.75, 3.05) is 0 Å². The van der Waals surface area contributed by atoms with Crippen LogP contribution in [0, 0.1) is 0 Å². The van der Waals surface area contributed by atoms with Gasteiger partial charge in [-0.25, -0.2) is 5.30 Å². The molecule has 1 rings (SSSR count). The van der Waals surface area contributed by atoms with Gasteiger partial charge in [0, 0.05) is 0 Å². The van der Waals surface area contributed by atoms with Gasteiger partial charge in [0.2, 0.25) is 0 Å². The summed E-state index contributed by atoms with van der Waals surface area (Å²) in [5.74, 6) is 0. The van der Waals surface area contributed by atoms with Crippen molar-refractivity contribution in [1.82, 2.24) is 0 Å². The molecular formula is C6H6P-. The van der Waals surface area contributed by atoms with Gasteiger partial charge in [0.1, 0.15) is 0 Å². The van der Waals surface area contributed by atoms with E-state index in [4.69, 9.17) is 0 Å². The number of hydrogen-bond acceptors (Lipinski definition) is 0. The molecule has 0 heterocycles. The monoisotopic (exact) mass is 109 g/mol. The Morgan fingerprint density at radius 1 is 1.00 bits per heavy atom. The van der Waals surface area contributed by atoms with Gasteiger partial charge in [0.05, 0.1) is 0 Å². The number of rotatable bonds is 0. The van der Waals surface area contributed by atoms with Gasteiger partial charge in [-0.15, -0.1) is 0 Å². The third-order valence-corrected chi connectivity index (χ3v) is 1.11. The average molecular weight is 109 g/mol. The van der Waals surface area contributed by atoms with E-state index in [1.807, 2.05) is 30.3 Å². The molecule has 0 unspecified atom stereocenters. The Bertz CT molecular complexity index is 134. The van der Waals surface area contributed by atoms with Crippen molar-refractivity contribution < 1.29 is 0 Å². The maximum absolute atomic E-state index is 3.36. The summed E-state index contributed by atoms with van der Waals surface area (Å²) in [5, 5.41) is 1.13. The van der Waals surface area contributed by atoms with Crippen LogP contribution in [-0.2, 0) is 0 Å². The fraction of sp³-hybridized carbons (Fsp3) is 0. The SMILES string of the molecule is [PH-]c1ccccc1. The van der Waals surface area contributed by atoms with E-state index >= 15 is 0 Å². The molecule has 0 nitrogen and oxygen atoms in total. The molecule has 36 valence electrons. The van der Waals surface area contributed by atoms with Crippen LogP contribution in [0.5, 0.6) is 0 Å². The fourth-order valence-corrected chi connectivity index (χ4v) is 0.631. The van der Waals surface area contributed by atoms with E-state index in [1.54, 1.807) is 0 Å². The Morgan fingerprint density at radius 3 is 1.86 bits per heavy atom. The van der Waals surface area contributed by atoms with Crippen LogP contribution >= 0.6 is 9.24 Å². The van der Waals surface area contributed by atoms with Gasteiger partial charge in [-0.2, -0.15) is 0 Å². The molecule has 0 aliphatic rings. The smallest absolute Gasteiger partial charge is 0.0624 e. The third-order valence-electron chi connectivity index (χ3n) is 0.774. The Balaban J connectivity index is 3.02. The van der Waals surface area contributed by atoms with Crippen LogP contribution in [0.2, 0.25) is 0 Å². The van der Waals surface area contributed by atoms with Gasteiger partial charge in [0.25, 0.3) is 0 Å². The highest BCUT2D eigenvalue weighted by Crippen LogP contribution is 1.86. The van der Waals surface area contributed by atoms with Crippen molar-refractivity contribution >= 4 is 14.5 Å². The molecule has 0 fully saturated rings. The summed E-state index contributed by atoms with van der Waals surface area (Å²) < 4.78 is 0. The maximum Gasteiger partial charge on any atom is -0.0624 e. The molecule has 1 aromatic rings. The zero-order valence-electron chi connectivity index (χ0n) is 3.89. The van der Waals surface area contributed by atoms with E-state index in [-0.39, 0.29) is 0 Å². The summed E-state index contributed by atoms with van der Waals surface area (Å²) in [4.78, 5) is 0. The molecule has 0 amide bonds. The maximum atomic E-state index is 3.36. The molecule has 0 saturated carbocycles. The lowest BCUT2D eigenvalue weighted by atomic mass is 10.4. The molecule has 0 aliphatic carbocycles. The van der Waals surface area contributed by atoms with Crippen LogP contribution in [0.25, 0.3) is 0 Å². The number of hydrogen-bond donors (Lipinski definition) is 0. The first-order valence-corrected chi connectivity index (χ1v) is 2.66. The second kappa shape index (κ2) is 2.09. The van der Waals surface area contributed by atoms with Crippen molar-refractivity contribution in [3.05, 3.63) is 30.3 Å². The summed E-state index contributed by atoms with van der Waals surface area (Å²) in [6.07, 6.45) is 0. The predicted octanol–water partition coefficient (Wildman–Crippen LogP) is 1.45. The standard InChI is InChI=1S/C6H6P/c7-6-4-2-1-3-5-6/h1-5,7H/q-1. The van der Waals surface area contributed by atoms with Crippen molar-refractivity contribution in [2.24, 2.45) is 0 Å². The van der Waals surface area contributed by atoms with Crippen molar-refractivity contribution in [2.45, 2.75) is 0 Å². The molecule has 7 heavy (non-hydrogen) atoms. The van der Waals surface area contributed by atoms with Gasteiger partial charge in [-0.05, 0) is 0 Å². The highest BCUT2D eigenvalue weighted by Gasteiger charge is 1.63. The molecule has 0 aromatic heterocycles. The predicted molar refractivity (Wildman–Crippen MR) is 34.4 cm³/mol. The Hall–Kier alpha value is -0.350. The van der Waals surface area contributed by atoms with Crippen molar-refractivity contribution in [3.8, 4) is 0 Å². The fourth-order valence-electron chi connectivity index (χ4n) is 0.438. The summed E-state index contributed by atoms with van der Waals surface area (Å²) in [7, 11) is 3.36. The lowest BCUT2D eigenvalue weighted by molar-refractivity contribution is 1.78. The highest BCUT2D eigenvalue weighted by molar-refractivity contribution is 7.27. The van der Waals surface area contributed by atoms with Crippen molar-refractivity contribution in [1.29, 1.82) is 0 Å². The minimum absolute atomic E-state index is 1.13. The van der Waals surface area contributed by atoms with Crippen LogP contribution in [0.4, 0.5) is 0 Å². The Labute approximate surface area is 45.8 Å². The normalized spacial score (nSPS) is 8.71. The minimum Gasteiger partial charge on any atom is -0.525 e. The first kappa shape index (κ1) is 4.80. The van der Waals surface area contributed by atoms with Gasteiger partial charge in [-0.3, -0.25) is 0 Å². The van der Waals surface area contributed by atoms with E-state index in [9.17, 15) is 0 Å². The molecule has 0 radical (unpaired) electrons. The van der Waals surface area contributed by atoms with E-state index in [2.05, 4.69) is 9.24 Å². The van der Waals surface area contributed by atoms with Gasteiger partial charge >= 0.3 is 0 Å². The van der Waals surface area contributed by atoms with Gasteiger partial charge in [0.15, 0.2) is 0 Å². The first-order valence-electron chi connectivity index (χ1n) is 2.16. The average Bonchev–Trinajstić information content (AvgIpc) is 1.69. The number of benzene rings is 1. The van der Waals surface area contributed by atoms with E-state index in [0.29, 0.717) is 0 Å². The lowest BCUT2D eigenvalue weighted by Crippen LogP contribution is -1.82. The van der Waals surface area contributed by atoms with Crippen molar-refractivity contribution in [3.63, 3.8) is 0 Å². The summed E-state index contributed by atoms with van der Waals surface area (Å²) in [6.45, 7) is 0. The van der Waals surface area contributed by atoms with E-state index in [0.717, 1.165) is 5.30 Å². The first-order chi connectivity index (χ1) is 3.39. The van der Waals surface area contributed by atoms with Gasteiger partial charge < -0.3 is 9.24 Å². The van der Waals surface area contributed by atoms with Crippen LogP contribution in [0.3, 0.4) is 0 Å². The highest BCUT2D eigenvalue weighted by atomic mass is 31.0. The topological polar surface area (TPSA) is 0 Å². The second-order valence-electron chi connectivity index (χ2n) is 1.37. The molecule has 1 heteroatoms. The molecule has 0 bridgehead atoms. The summed E-state index contributed by atoms with van der Waals surface area (Å²) >= 11 is 0. The van der Waals surface area contributed by atoms with Crippen LogP contribution in [0.1, 0.15) is 0 Å². The Morgan fingerprint density at radius 2 is 1.57 bits per heavy atom. The summed E-state index contributed by atoms with van der Waals surface area (Å²) in [6, 6.07) is 9.96. The molecule has 0 spiro atoms. The quantitative estimate of drug-likeness (QED) is 0.442. The molecular weight excluding hydrogens is 103 g/mol. The molecule has 0 saturated heterocycles. The van der Waals surface area contributed by atoms with E-state index < -0.39 is 0 Å². The van der Waals surface area contributed by atoms with Crippen LogP contribution < -0.4 is 5.30 Å². The van der Waals surface area contributed by atoms with Gasteiger partial charge in [-0.1, -0.05) is 30.3 Å². The molecule has 1 aromatic carbocycles. The van der Waals surface area contributed by atoms with Crippen LogP contribution in [0.15, 0.2) is 30.3 Å². The third kappa shape index (κ3) is 1.29. The van der Waals surface area contributed by atoms with E-state index in [1.165, 1.54) is 0 Å². The Kier molecular flexibility index (Phi) is 1.43. The lowest BCUT2D eigenvalue weighted by Gasteiger charge is -1.94. The zero-order valence-corrected chi connectivity index (χ0v) is 4.89. The zero-order chi connectivity index (χ0) is 5.11. The second-order valence-corrected chi connectivity index (χ2v) is 1.94. The van der Waals surface area contributed by atoms with Crippen LogP contribution in [-0.4, -0.2) is 0 Å². The molecule has 0 aliphatic heterocycles. The summed E-state index contributed by atoms with van der Waals surface area (Å²) in [5.41, 5.74) is 0. The molecule has 0 N–H and O–H groups in total.